The molecular formula is C9H5Cl2N3O3. The number of hydrogen-bond acceptors (Lipinski definition) is 5. The lowest BCUT2D eigenvalue weighted by atomic mass is 10.2. The number of aromatic nitrogens is 2. The van der Waals surface area contributed by atoms with Crippen molar-refractivity contribution in [2.24, 2.45) is 0 Å². The summed E-state index contributed by atoms with van der Waals surface area (Å²) in [6.07, 6.45) is 0. The molecule has 0 amide bonds. The summed E-state index contributed by atoms with van der Waals surface area (Å²) < 4.78 is 4.80. The van der Waals surface area contributed by atoms with Crippen LogP contribution in [-0.2, 0) is 5.88 Å². The van der Waals surface area contributed by atoms with E-state index in [9.17, 15) is 10.1 Å². The van der Waals surface area contributed by atoms with Crippen LogP contribution in [0.1, 0.15) is 5.89 Å². The van der Waals surface area contributed by atoms with Gasteiger partial charge in [0.15, 0.2) is 0 Å². The lowest BCUT2D eigenvalue weighted by molar-refractivity contribution is -0.384. The number of rotatable bonds is 3. The normalized spacial score (nSPS) is 10.5. The van der Waals surface area contributed by atoms with E-state index in [1.54, 1.807) is 6.07 Å². The topological polar surface area (TPSA) is 82.1 Å². The van der Waals surface area contributed by atoms with Crippen LogP contribution < -0.4 is 0 Å². The Labute approximate surface area is 105 Å². The maximum atomic E-state index is 10.7. The molecule has 1 heterocycles. The highest BCUT2D eigenvalue weighted by Crippen LogP contribution is 2.29. The van der Waals surface area contributed by atoms with Crippen molar-refractivity contribution in [1.82, 2.24) is 10.1 Å². The molecule has 0 unspecified atom stereocenters. The van der Waals surface area contributed by atoms with Gasteiger partial charge in [-0.2, -0.15) is 4.98 Å². The van der Waals surface area contributed by atoms with E-state index in [1.807, 2.05) is 0 Å². The van der Waals surface area contributed by atoms with Gasteiger partial charge >= 0.3 is 0 Å². The summed E-state index contributed by atoms with van der Waals surface area (Å²) in [4.78, 5) is 14.1. The van der Waals surface area contributed by atoms with Gasteiger partial charge in [0.25, 0.3) is 5.69 Å². The van der Waals surface area contributed by atoms with Crippen molar-refractivity contribution in [3.8, 4) is 11.4 Å². The second kappa shape index (κ2) is 4.68. The Morgan fingerprint density at radius 2 is 2.24 bits per heavy atom. The Kier molecular flexibility index (Phi) is 3.26. The van der Waals surface area contributed by atoms with Gasteiger partial charge in [0.1, 0.15) is 10.9 Å². The third kappa shape index (κ3) is 2.37. The van der Waals surface area contributed by atoms with Crippen LogP contribution in [0.3, 0.4) is 0 Å². The number of nitro groups is 1. The van der Waals surface area contributed by atoms with Crippen LogP contribution in [0.2, 0.25) is 5.02 Å². The van der Waals surface area contributed by atoms with E-state index in [2.05, 4.69) is 10.1 Å². The van der Waals surface area contributed by atoms with Gasteiger partial charge in [0.05, 0.1) is 4.92 Å². The third-order valence-corrected chi connectivity index (χ3v) is 2.53. The molecule has 0 fully saturated rings. The minimum atomic E-state index is -0.575. The van der Waals surface area contributed by atoms with E-state index in [0.29, 0.717) is 5.56 Å². The smallest absolute Gasteiger partial charge is 0.288 e. The number of nitrogens with zero attached hydrogens (tertiary/aromatic N) is 3. The lowest BCUT2D eigenvalue weighted by Gasteiger charge is -1.97. The van der Waals surface area contributed by atoms with Crippen LogP contribution in [0, 0.1) is 10.1 Å². The molecule has 0 radical (unpaired) electrons. The Hall–Kier alpha value is -1.66. The number of hydrogen-bond donors (Lipinski definition) is 0. The van der Waals surface area contributed by atoms with Gasteiger partial charge in [-0.1, -0.05) is 16.8 Å². The van der Waals surface area contributed by atoms with Crippen molar-refractivity contribution in [3.63, 3.8) is 0 Å². The highest BCUT2D eigenvalue weighted by molar-refractivity contribution is 6.32. The molecule has 2 rings (SSSR count). The fraction of sp³-hybridized carbons (Fsp3) is 0.111. The predicted molar refractivity (Wildman–Crippen MR) is 61.0 cm³/mol. The van der Waals surface area contributed by atoms with E-state index >= 15 is 0 Å². The molecule has 8 heteroatoms. The Morgan fingerprint density at radius 1 is 1.47 bits per heavy atom. The van der Waals surface area contributed by atoms with E-state index in [0.717, 1.165) is 0 Å². The van der Waals surface area contributed by atoms with E-state index in [1.165, 1.54) is 12.1 Å². The zero-order valence-corrected chi connectivity index (χ0v) is 9.77. The predicted octanol–water partition coefficient (Wildman–Crippen LogP) is 3.04. The largest absolute Gasteiger partial charge is 0.338 e. The number of benzene rings is 1. The molecule has 0 bridgehead atoms. The van der Waals surface area contributed by atoms with Gasteiger partial charge in [-0.25, -0.2) is 0 Å². The third-order valence-electron chi connectivity index (χ3n) is 1.98. The van der Waals surface area contributed by atoms with E-state index in [-0.39, 0.29) is 28.3 Å². The molecule has 0 saturated carbocycles. The molecule has 0 aliphatic carbocycles. The molecule has 0 atom stereocenters. The van der Waals surface area contributed by atoms with Gasteiger partial charge in [-0.3, -0.25) is 10.1 Å². The van der Waals surface area contributed by atoms with Gasteiger partial charge in [-0.15, -0.1) is 11.6 Å². The van der Waals surface area contributed by atoms with Crippen molar-refractivity contribution in [1.29, 1.82) is 0 Å². The molecule has 2 aromatic rings. The Balaban J connectivity index is 2.46. The molecule has 1 aromatic carbocycles. The van der Waals surface area contributed by atoms with Crippen LogP contribution in [0.5, 0.6) is 0 Å². The summed E-state index contributed by atoms with van der Waals surface area (Å²) in [6.45, 7) is 0. The Bertz CT molecular complexity index is 570. The average Bonchev–Trinajstić information content (AvgIpc) is 2.78. The second-order valence-corrected chi connectivity index (χ2v) is 3.74. The van der Waals surface area contributed by atoms with Crippen molar-refractivity contribution < 1.29 is 9.45 Å². The van der Waals surface area contributed by atoms with Gasteiger partial charge in [0.2, 0.25) is 11.7 Å². The zero-order chi connectivity index (χ0) is 12.4. The van der Waals surface area contributed by atoms with Crippen molar-refractivity contribution in [3.05, 3.63) is 39.2 Å². The highest BCUT2D eigenvalue weighted by atomic mass is 35.5. The summed E-state index contributed by atoms with van der Waals surface area (Å²) in [5.74, 6) is 0.572. The summed E-state index contributed by atoms with van der Waals surface area (Å²) >= 11 is 11.2. The minimum absolute atomic E-state index is 0.0554. The molecule has 6 nitrogen and oxygen atoms in total. The van der Waals surface area contributed by atoms with Crippen LogP contribution in [0.4, 0.5) is 5.69 Å². The maximum Gasteiger partial charge on any atom is 0.288 e. The quantitative estimate of drug-likeness (QED) is 0.488. The molecule has 88 valence electrons. The highest BCUT2D eigenvalue weighted by Gasteiger charge is 2.16. The second-order valence-electron chi connectivity index (χ2n) is 3.07. The first-order valence-corrected chi connectivity index (χ1v) is 5.36. The zero-order valence-electron chi connectivity index (χ0n) is 8.26. The van der Waals surface area contributed by atoms with E-state index < -0.39 is 4.92 Å². The average molecular weight is 274 g/mol. The van der Waals surface area contributed by atoms with Crippen molar-refractivity contribution in [2.45, 2.75) is 5.88 Å². The fourth-order valence-corrected chi connectivity index (χ4v) is 1.51. The number of nitro benzene ring substituents is 1. The molecule has 0 saturated heterocycles. The van der Waals surface area contributed by atoms with Crippen molar-refractivity contribution >= 4 is 28.9 Å². The summed E-state index contributed by atoms with van der Waals surface area (Å²) in [7, 11) is 0. The van der Waals surface area contributed by atoms with Crippen LogP contribution in [-0.4, -0.2) is 15.1 Å². The number of halogens is 2. The first kappa shape index (κ1) is 11.8. The molecule has 17 heavy (non-hydrogen) atoms. The molecule has 0 spiro atoms. The standard InChI is InChI=1S/C9H5Cl2N3O3/c10-4-8-12-9(13-17-8)5-1-2-6(11)7(3-5)14(15)16/h1-3H,4H2. The van der Waals surface area contributed by atoms with E-state index in [4.69, 9.17) is 27.7 Å². The first-order valence-electron chi connectivity index (χ1n) is 4.44. The lowest BCUT2D eigenvalue weighted by Crippen LogP contribution is -1.90. The SMILES string of the molecule is O=[N+]([O-])c1cc(-c2noc(CCl)n2)ccc1Cl. The molecule has 0 aliphatic heterocycles. The number of alkyl halides is 1. The van der Waals surface area contributed by atoms with Gasteiger partial charge in [0, 0.05) is 11.6 Å². The molecule has 0 aliphatic rings. The van der Waals surface area contributed by atoms with Gasteiger partial charge in [-0.05, 0) is 12.1 Å². The summed E-state index contributed by atoms with van der Waals surface area (Å²) in [6, 6.07) is 4.26. The van der Waals surface area contributed by atoms with Crippen molar-refractivity contribution in [2.75, 3.05) is 0 Å². The first-order chi connectivity index (χ1) is 8.11. The monoisotopic (exact) mass is 273 g/mol. The van der Waals surface area contributed by atoms with Crippen LogP contribution >= 0.6 is 23.2 Å². The van der Waals surface area contributed by atoms with Crippen LogP contribution in [0.25, 0.3) is 11.4 Å². The van der Waals surface area contributed by atoms with Crippen LogP contribution in [0.15, 0.2) is 22.7 Å². The summed E-state index contributed by atoms with van der Waals surface area (Å²) in [5, 5.41) is 14.4. The fourth-order valence-electron chi connectivity index (χ4n) is 1.22. The minimum Gasteiger partial charge on any atom is -0.338 e. The Morgan fingerprint density at radius 3 is 2.82 bits per heavy atom. The molecular weight excluding hydrogens is 269 g/mol. The maximum absolute atomic E-state index is 10.7. The summed E-state index contributed by atoms with van der Waals surface area (Å²) in [5.41, 5.74) is 0.239. The molecule has 1 aromatic heterocycles. The molecule has 0 N–H and O–H groups in total. The van der Waals surface area contributed by atoms with Gasteiger partial charge < -0.3 is 4.52 Å².